The first-order chi connectivity index (χ1) is 11.2. The lowest BCUT2D eigenvalue weighted by Gasteiger charge is -2.19. The second-order valence-electron chi connectivity index (χ2n) is 5.45. The van der Waals surface area contributed by atoms with Gasteiger partial charge in [-0.3, -0.25) is 9.55 Å². The molecule has 116 valence electrons. The van der Waals surface area contributed by atoms with Gasteiger partial charge in [0, 0.05) is 48.5 Å². The van der Waals surface area contributed by atoms with Crippen molar-refractivity contribution in [2.75, 3.05) is 6.54 Å². The zero-order valence-electron chi connectivity index (χ0n) is 12.3. The number of rotatable bonds is 2. The molecule has 4 rings (SSSR count). The highest BCUT2D eigenvalue weighted by Gasteiger charge is 2.15. The molecule has 0 atom stereocenters. The number of benzene rings is 1. The number of aromatic nitrogens is 2. The summed E-state index contributed by atoms with van der Waals surface area (Å²) >= 11 is 0. The van der Waals surface area contributed by atoms with E-state index in [2.05, 4.69) is 10.3 Å². The second kappa shape index (κ2) is 5.40. The Morgan fingerprint density at radius 2 is 2.22 bits per heavy atom. The molecule has 0 saturated carbocycles. The molecule has 0 saturated heterocycles. The summed E-state index contributed by atoms with van der Waals surface area (Å²) in [4.78, 5) is 15.5. The first-order valence-electron chi connectivity index (χ1n) is 7.42. The monoisotopic (exact) mass is 309 g/mol. The van der Waals surface area contributed by atoms with Gasteiger partial charge in [0.1, 0.15) is 11.5 Å². The van der Waals surface area contributed by atoms with Gasteiger partial charge in [-0.2, -0.15) is 0 Å². The van der Waals surface area contributed by atoms with Gasteiger partial charge in [0.05, 0.1) is 5.52 Å². The molecule has 2 N–H and O–H groups in total. The lowest BCUT2D eigenvalue weighted by Crippen LogP contribution is -2.24. The van der Waals surface area contributed by atoms with E-state index in [0.29, 0.717) is 11.3 Å². The number of ether oxygens (including phenoxy) is 1. The van der Waals surface area contributed by atoms with Gasteiger partial charge in [-0.1, -0.05) is 0 Å². The van der Waals surface area contributed by atoms with Gasteiger partial charge in [-0.05, 0) is 30.3 Å². The van der Waals surface area contributed by atoms with E-state index in [1.54, 1.807) is 24.4 Å². The van der Waals surface area contributed by atoms with E-state index >= 15 is 0 Å². The predicted octanol–water partition coefficient (Wildman–Crippen LogP) is 3.00. The molecular formula is C17H15N3O3. The number of nitrogens with zero attached hydrogens (tertiary/aromatic N) is 2. The molecule has 0 aliphatic carbocycles. The van der Waals surface area contributed by atoms with Crippen LogP contribution in [-0.4, -0.2) is 27.3 Å². The van der Waals surface area contributed by atoms with E-state index in [9.17, 15) is 4.79 Å². The fourth-order valence-corrected chi connectivity index (χ4v) is 2.91. The normalized spacial score (nSPS) is 13.7. The molecule has 3 aromatic rings. The van der Waals surface area contributed by atoms with Crippen LogP contribution in [0.4, 0.5) is 4.79 Å². The van der Waals surface area contributed by atoms with E-state index in [1.165, 1.54) is 10.8 Å². The SMILES string of the molecule is O=C(O)n1ccc2cc(Oc3ccnc4c3CNCC4)ccc21. The second-order valence-corrected chi connectivity index (χ2v) is 5.45. The van der Waals surface area contributed by atoms with Crippen LogP contribution in [0.1, 0.15) is 11.3 Å². The Balaban J connectivity index is 1.70. The van der Waals surface area contributed by atoms with Crippen molar-refractivity contribution in [3.63, 3.8) is 0 Å². The van der Waals surface area contributed by atoms with Crippen molar-refractivity contribution < 1.29 is 14.6 Å². The maximum Gasteiger partial charge on any atom is 0.415 e. The quantitative estimate of drug-likeness (QED) is 0.761. The van der Waals surface area contributed by atoms with Crippen molar-refractivity contribution in [1.82, 2.24) is 14.9 Å². The molecule has 0 fully saturated rings. The average Bonchev–Trinajstić information content (AvgIpc) is 2.99. The Morgan fingerprint density at radius 1 is 1.30 bits per heavy atom. The molecule has 1 aliphatic rings. The number of hydrogen-bond donors (Lipinski definition) is 2. The number of nitrogens with one attached hydrogen (secondary N) is 1. The summed E-state index contributed by atoms with van der Waals surface area (Å²) in [5.41, 5.74) is 2.80. The summed E-state index contributed by atoms with van der Waals surface area (Å²) in [7, 11) is 0. The summed E-state index contributed by atoms with van der Waals surface area (Å²) in [5, 5.41) is 13.3. The van der Waals surface area contributed by atoms with E-state index < -0.39 is 6.09 Å². The minimum absolute atomic E-state index is 0.642. The molecule has 0 spiro atoms. The molecule has 2 aromatic heterocycles. The highest BCUT2D eigenvalue weighted by Crippen LogP contribution is 2.30. The third kappa shape index (κ3) is 2.43. The smallest absolute Gasteiger partial charge is 0.415 e. The molecule has 23 heavy (non-hydrogen) atoms. The number of carboxylic acid groups (broad SMARTS) is 1. The first kappa shape index (κ1) is 13.8. The molecule has 1 aromatic carbocycles. The van der Waals surface area contributed by atoms with Gasteiger partial charge in [0.25, 0.3) is 0 Å². The molecule has 6 heteroatoms. The van der Waals surface area contributed by atoms with Crippen molar-refractivity contribution in [3.8, 4) is 11.5 Å². The van der Waals surface area contributed by atoms with Gasteiger partial charge in [0.15, 0.2) is 0 Å². The van der Waals surface area contributed by atoms with Crippen LogP contribution < -0.4 is 10.1 Å². The zero-order valence-corrected chi connectivity index (χ0v) is 12.3. The van der Waals surface area contributed by atoms with Gasteiger partial charge in [0.2, 0.25) is 0 Å². The minimum atomic E-state index is -0.997. The van der Waals surface area contributed by atoms with Gasteiger partial charge >= 0.3 is 6.09 Å². The van der Waals surface area contributed by atoms with Crippen molar-refractivity contribution in [2.24, 2.45) is 0 Å². The zero-order chi connectivity index (χ0) is 15.8. The highest BCUT2D eigenvalue weighted by molar-refractivity contribution is 5.89. The van der Waals surface area contributed by atoms with E-state index in [-0.39, 0.29) is 0 Å². The molecule has 1 aliphatic heterocycles. The van der Waals surface area contributed by atoms with E-state index in [4.69, 9.17) is 9.84 Å². The standard InChI is InChI=1S/C17H15N3O3/c21-17(22)20-8-5-11-9-12(1-2-15(11)20)23-16-4-7-19-14-3-6-18-10-13(14)16/h1-2,4-5,7-9,18H,3,6,10H2,(H,21,22). The molecule has 0 amide bonds. The third-order valence-electron chi connectivity index (χ3n) is 4.04. The minimum Gasteiger partial charge on any atom is -0.464 e. The Morgan fingerprint density at radius 3 is 3.09 bits per heavy atom. The van der Waals surface area contributed by atoms with Crippen molar-refractivity contribution in [2.45, 2.75) is 13.0 Å². The van der Waals surface area contributed by atoms with Crippen LogP contribution >= 0.6 is 0 Å². The lowest BCUT2D eigenvalue weighted by molar-refractivity contribution is 0.197. The lowest BCUT2D eigenvalue weighted by atomic mass is 10.1. The average molecular weight is 309 g/mol. The molecule has 3 heterocycles. The summed E-state index contributed by atoms with van der Waals surface area (Å²) in [6.07, 6.45) is 3.20. The molecule has 6 nitrogen and oxygen atoms in total. The topological polar surface area (TPSA) is 76.4 Å². The van der Waals surface area contributed by atoms with E-state index in [1.807, 2.05) is 12.1 Å². The summed E-state index contributed by atoms with van der Waals surface area (Å²) in [6, 6.07) is 9.01. The summed E-state index contributed by atoms with van der Waals surface area (Å²) in [5.74, 6) is 1.47. The third-order valence-corrected chi connectivity index (χ3v) is 4.04. The fraction of sp³-hybridized carbons (Fsp3) is 0.176. The van der Waals surface area contributed by atoms with Crippen LogP contribution in [0.15, 0.2) is 42.7 Å². The van der Waals surface area contributed by atoms with Crippen molar-refractivity contribution >= 4 is 17.0 Å². The van der Waals surface area contributed by atoms with Crippen LogP contribution in [0.25, 0.3) is 10.9 Å². The number of hydrogen-bond acceptors (Lipinski definition) is 4. The maximum absolute atomic E-state index is 11.1. The Kier molecular flexibility index (Phi) is 3.24. The predicted molar refractivity (Wildman–Crippen MR) is 85.1 cm³/mol. The van der Waals surface area contributed by atoms with E-state index in [0.717, 1.165) is 41.9 Å². The number of carbonyl (C=O) groups is 1. The molecule has 0 unspecified atom stereocenters. The molecule has 0 radical (unpaired) electrons. The van der Waals surface area contributed by atoms with Crippen LogP contribution in [0, 0.1) is 0 Å². The number of fused-ring (bicyclic) bond motifs is 2. The van der Waals surface area contributed by atoms with Crippen molar-refractivity contribution in [3.05, 3.63) is 54.0 Å². The first-order valence-corrected chi connectivity index (χ1v) is 7.42. The Labute approximate surface area is 132 Å². The van der Waals surface area contributed by atoms with Crippen LogP contribution in [0.5, 0.6) is 11.5 Å². The van der Waals surface area contributed by atoms with Crippen LogP contribution in [-0.2, 0) is 13.0 Å². The fourth-order valence-electron chi connectivity index (χ4n) is 2.91. The van der Waals surface area contributed by atoms with Gasteiger partial charge < -0.3 is 15.2 Å². The Hall–Kier alpha value is -2.86. The number of pyridine rings is 1. The summed E-state index contributed by atoms with van der Waals surface area (Å²) in [6.45, 7) is 1.67. The van der Waals surface area contributed by atoms with Gasteiger partial charge in [-0.25, -0.2) is 4.79 Å². The highest BCUT2D eigenvalue weighted by atomic mass is 16.5. The molecular weight excluding hydrogens is 294 g/mol. The van der Waals surface area contributed by atoms with Gasteiger partial charge in [-0.15, -0.1) is 0 Å². The largest absolute Gasteiger partial charge is 0.464 e. The Bertz CT molecular complexity index is 901. The molecule has 0 bridgehead atoms. The van der Waals surface area contributed by atoms with Crippen LogP contribution in [0.3, 0.4) is 0 Å². The van der Waals surface area contributed by atoms with Crippen LogP contribution in [0.2, 0.25) is 0 Å². The summed E-state index contributed by atoms with van der Waals surface area (Å²) < 4.78 is 7.21. The van der Waals surface area contributed by atoms with Crippen molar-refractivity contribution in [1.29, 1.82) is 0 Å². The maximum atomic E-state index is 11.1.